The first-order chi connectivity index (χ1) is 9.08. The standard InChI is InChI=1S/C15H18Cl2O2/c1-2-19-14-6-10(7-14)5-13(18)8-11-3-4-12(16)9-15(11)17/h3-4,9-10,14H,2,5-8H2,1H3. The fourth-order valence-electron chi connectivity index (χ4n) is 2.48. The van der Waals surface area contributed by atoms with Crippen LogP contribution >= 0.6 is 23.2 Å². The third kappa shape index (κ3) is 4.20. The van der Waals surface area contributed by atoms with E-state index in [9.17, 15) is 4.79 Å². The molecule has 0 amide bonds. The van der Waals surface area contributed by atoms with Crippen LogP contribution in [0.5, 0.6) is 0 Å². The molecule has 0 heterocycles. The molecule has 2 rings (SSSR count). The Labute approximate surface area is 124 Å². The predicted molar refractivity (Wildman–Crippen MR) is 77.9 cm³/mol. The van der Waals surface area contributed by atoms with Crippen LogP contribution in [-0.2, 0) is 16.0 Å². The van der Waals surface area contributed by atoms with Crippen molar-refractivity contribution >= 4 is 29.0 Å². The van der Waals surface area contributed by atoms with E-state index in [0.29, 0.717) is 34.9 Å². The van der Waals surface area contributed by atoms with E-state index >= 15 is 0 Å². The van der Waals surface area contributed by atoms with Gasteiger partial charge >= 0.3 is 0 Å². The van der Waals surface area contributed by atoms with Crippen molar-refractivity contribution in [1.29, 1.82) is 0 Å². The highest BCUT2D eigenvalue weighted by Crippen LogP contribution is 2.33. The van der Waals surface area contributed by atoms with Gasteiger partial charge in [-0.15, -0.1) is 0 Å². The monoisotopic (exact) mass is 300 g/mol. The number of benzene rings is 1. The summed E-state index contributed by atoms with van der Waals surface area (Å²) < 4.78 is 5.49. The minimum atomic E-state index is 0.240. The van der Waals surface area contributed by atoms with Crippen LogP contribution in [0.2, 0.25) is 10.0 Å². The zero-order chi connectivity index (χ0) is 13.8. The Morgan fingerprint density at radius 2 is 2.11 bits per heavy atom. The molecule has 19 heavy (non-hydrogen) atoms. The van der Waals surface area contributed by atoms with Crippen LogP contribution in [0.25, 0.3) is 0 Å². The van der Waals surface area contributed by atoms with E-state index in [1.807, 2.05) is 13.0 Å². The molecule has 1 aromatic rings. The summed E-state index contributed by atoms with van der Waals surface area (Å²) >= 11 is 11.9. The smallest absolute Gasteiger partial charge is 0.137 e. The number of carbonyl (C=O) groups is 1. The summed E-state index contributed by atoms with van der Waals surface area (Å²) in [4.78, 5) is 12.0. The number of hydrogen-bond donors (Lipinski definition) is 0. The van der Waals surface area contributed by atoms with Crippen molar-refractivity contribution in [1.82, 2.24) is 0 Å². The molecule has 0 unspecified atom stereocenters. The van der Waals surface area contributed by atoms with Crippen molar-refractivity contribution in [2.45, 2.75) is 38.7 Å². The van der Waals surface area contributed by atoms with Gasteiger partial charge in [0.2, 0.25) is 0 Å². The molecular formula is C15H18Cl2O2. The molecule has 0 aliphatic heterocycles. The summed E-state index contributed by atoms with van der Waals surface area (Å²) in [6.07, 6.45) is 3.40. The molecule has 1 aliphatic carbocycles. The second-order valence-electron chi connectivity index (χ2n) is 5.07. The first-order valence-corrected chi connectivity index (χ1v) is 7.41. The van der Waals surface area contributed by atoms with Gasteiger partial charge < -0.3 is 4.74 Å². The van der Waals surface area contributed by atoms with Crippen molar-refractivity contribution in [3.63, 3.8) is 0 Å². The van der Waals surface area contributed by atoms with Crippen LogP contribution in [0.4, 0.5) is 0 Å². The first-order valence-electron chi connectivity index (χ1n) is 6.65. The maximum atomic E-state index is 12.0. The molecule has 0 bridgehead atoms. The zero-order valence-corrected chi connectivity index (χ0v) is 12.5. The first kappa shape index (κ1) is 14.8. The van der Waals surface area contributed by atoms with E-state index in [1.165, 1.54) is 0 Å². The number of rotatable bonds is 6. The SMILES string of the molecule is CCOC1CC(CC(=O)Cc2ccc(Cl)cc2Cl)C1. The summed E-state index contributed by atoms with van der Waals surface area (Å²) in [6, 6.07) is 5.27. The average Bonchev–Trinajstić information content (AvgIpc) is 2.30. The Hall–Kier alpha value is -0.570. The van der Waals surface area contributed by atoms with Crippen LogP contribution in [0.1, 0.15) is 31.7 Å². The Kier molecular flexibility index (Phi) is 5.26. The van der Waals surface area contributed by atoms with Crippen LogP contribution in [0.3, 0.4) is 0 Å². The summed E-state index contributed by atoms with van der Waals surface area (Å²) in [5.41, 5.74) is 0.858. The molecule has 2 nitrogen and oxygen atoms in total. The normalized spacial score (nSPS) is 22.1. The number of ether oxygens (including phenoxy) is 1. The molecule has 1 fully saturated rings. The van der Waals surface area contributed by atoms with Gasteiger partial charge in [0.25, 0.3) is 0 Å². The zero-order valence-electron chi connectivity index (χ0n) is 11.0. The second kappa shape index (κ2) is 6.74. The van der Waals surface area contributed by atoms with E-state index in [1.54, 1.807) is 12.1 Å². The van der Waals surface area contributed by atoms with Crippen molar-refractivity contribution < 1.29 is 9.53 Å². The van der Waals surface area contributed by atoms with Gasteiger partial charge in [-0.2, -0.15) is 0 Å². The molecule has 0 aromatic heterocycles. The number of carbonyl (C=O) groups excluding carboxylic acids is 1. The molecule has 0 N–H and O–H groups in total. The highest BCUT2D eigenvalue weighted by Gasteiger charge is 2.30. The molecule has 0 atom stereocenters. The summed E-state index contributed by atoms with van der Waals surface area (Å²) in [7, 11) is 0. The fraction of sp³-hybridized carbons (Fsp3) is 0.533. The lowest BCUT2D eigenvalue weighted by Crippen LogP contribution is -2.33. The van der Waals surface area contributed by atoms with Gasteiger partial charge in [0, 0.05) is 29.5 Å². The maximum absolute atomic E-state index is 12.0. The van der Waals surface area contributed by atoms with Crippen LogP contribution in [-0.4, -0.2) is 18.5 Å². The Morgan fingerprint density at radius 1 is 1.37 bits per heavy atom. The fourth-order valence-corrected chi connectivity index (χ4v) is 2.96. The van der Waals surface area contributed by atoms with Crippen molar-refractivity contribution in [2.24, 2.45) is 5.92 Å². The number of Topliss-reactive ketones (excluding diaryl/α,β-unsaturated/α-hetero) is 1. The van der Waals surface area contributed by atoms with Gasteiger partial charge in [0.1, 0.15) is 5.78 Å². The quantitative estimate of drug-likeness (QED) is 0.782. The Morgan fingerprint density at radius 3 is 2.74 bits per heavy atom. The minimum Gasteiger partial charge on any atom is -0.378 e. The van der Waals surface area contributed by atoms with Crippen molar-refractivity contribution in [3.8, 4) is 0 Å². The molecule has 0 spiro atoms. The topological polar surface area (TPSA) is 26.3 Å². The van der Waals surface area contributed by atoms with Gasteiger partial charge in [-0.1, -0.05) is 29.3 Å². The summed E-state index contributed by atoms with van der Waals surface area (Å²) in [5.74, 6) is 0.722. The number of halogens is 2. The molecule has 1 aliphatic rings. The minimum absolute atomic E-state index is 0.240. The predicted octanol–water partition coefficient (Wildman–Crippen LogP) is 4.31. The lowest BCUT2D eigenvalue weighted by molar-refractivity contribution is -0.121. The highest BCUT2D eigenvalue weighted by atomic mass is 35.5. The van der Waals surface area contributed by atoms with E-state index < -0.39 is 0 Å². The number of hydrogen-bond acceptors (Lipinski definition) is 2. The molecular weight excluding hydrogens is 283 g/mol. The average molecular weight is 301 g/mol. The Balaban J connectivity index is 1.79. The largest absolute Gasteiger partial charge is 0.378 e. The third-order valence-corrected chi connectivity index (χ3v) is 4.10. The lowest BCUT2D eigenvalue weighted by atomic mass is 9.78. The molecule has 0 saturated heterocycles. The van der Waals surface area contributed by atoms with Crippen molar-refractivity contribution in [2.75, 3.05) is 6.61 Å². The van der Waals surface area contributed by atoms with Gasteiger partial charge in [0.15, 0.2) is 0 Å². The van der Waals surface area contributed by atoms with E-state index in [2.05, 4.69) is 0 Å². The van der Waals surface area contributed by atoms with E-state index in [-0.39, 0.29) is 5.78 Å². The van der Waals surface area contributed by atoms with Crippen molar-refractivity contribution in [3.05, 3.63) is 33.8 Å². The molecule has 4 heteroatoms. The molecule has 0 radical (unpaired) electrons. The molecule has 1 saturated carbocycles. The second-order valence-corrected chi connectivity index (χ2v) is 5.91. The van der Waals surface area contributed by atoms with Gasteiger partial charge in [-0.3, -0.25) is 4.79 Å². The van der Waals surface area contributed by atoms with Crippen LogP contribution in [0.15, 0.2) is 18.2 Å². The van der Waals surface area contributed by atoms with E-state index in [0.717, 1.165) is 25.0 Å². The third-order valence-electron chi connectivity index (χ3n) is 3.51. The highest BCUT2D eigenvalue weighted by molar-refractivity contribution is 6.35. The van der Waals surface area contributed by atoms with Gasteiger partial charge in [-0.25, -0.2) is 0 Å². The van der Waals surface area contributed by atoms with Gasteiger partial charge in [0.05, 0.1) is 6.10 Å². The molecule has 1 aromatic carbocycles. The van der Waals surface area contributed by atoms with Gasteiger partial charge in [-0.05, 0) is 43.4 Å². The Bertz CT molecular complexity index is 453. The lowest BCUT2D eigenvalue weighted by Gasteiger charge is -2.34. The summed E-state index contributed by atoms with van der Waals surface area (Å²) in [6.45, 7) is 2.76. The van der Waals surface area contributed by atoms with E-state index in [4.69, 9.17) is 27.9 Å². The van der Waals surface area contributed by atoms with Crippen LogP contribution in [0, 0.1) is 5.92 Å². The molecule has 104 valence electrons. The maximum Gasteiger partial charge on any atom is 0.137 e. The summed E-state index contributed by atoms with van der Waals surface area (Å²) in [5, 5.41) is 1.17. The number of ketones is 1. The van der Waals surface area contributed by atoms with Crippen LogP contribution < -0.4 is 0 Å².